The summed E-state index contributed by atoms with van der Waals surface area (Å²) in [5, 5.41) is 2.11. The first-order chi connectivity index (χ1) is 18.7. The van der Waals surface area contributed by atoms with Crippen LogP contribution in [0, 0.1) is 0 Å². The predicted octanol–water partition coefficient (Wildman–Crippen LogP) is 5.58. The second-order valence-electron chi connectivity index (χ2n) is 10.4. The summed E-state index contributed by atoms with van der Waals surface area (Å²) < 4.78 is 66.9. The molecule has 2 bridgehead atoms. The normalized spacial score (nSPS) is 22.2. The van der Waals surface area contributed by atoms with Crippen LogP contribution in [-0.4, -0.2) is 50.5 Å². The van der Waals surface area contributed by atoms with Crippen LogP contribution in [-0.2, 0) is 27.6 Å². The smallest absolute Gasteiger partial charge is 0.369 e. The Morgan fingerprint density at radius 2 is 1.62 bits per heavy atom. The average Bonchev–Trinajstić information content (AvgIpc) is 3.24. The maximum absolute atomic E-state index is 13.1. The van der Waals surface area contributed by atoms with Crippen molar-refractivity contribution in [3.05, 3.63) is 95.1 Å². The third-order valence-electron chi connectivity index (χ3n) is 8.07. The highest BCUT2D eigenvalue weighted by Gasteiger charge is 2.40. The molecule has 6 nitrogen and oxygen atoms in total. The summed E-state index contributed by atoms with van der Waals surface area (Å²) in [5.41, 5.74) is 3.82. The Hall–Kier alpha value is -2.92. The summed E-state index contributed by atoms with van der Waals surface area (Å²) in [5.74, 6) is 0.519. The lowest BCUT2D eigenvalue weighted by molar-refractivity contribution is -0.207. The molecule has 206 valence electrons. The van der Waals surface area contributed by atoms with Crippen LogP contribution in [0.5, 0.6) is 0 Å². The van der Waals surface area contributed by atoms with E-state index in [1.807, 2.05) is 18.2 Å². The van der Waals surface area contributed by atoms with E-state index in [4.69, 9.17) is 4.84 Å². The second-order valence-corrected chi connectivity index (χ2v) is 12.3. The number of alkyl halides is 3. The number of rotatable bonds is 6. The van der Waals surface area contributed by atoms with E-state index >= 15 is 0 Å². The largest absolute Gasteiger partial charge is 0.416 e. The van der Waals surface area contributed by atoms with E-state index in [2.05, 4.69) is 40.3 Å². The molecule has 1 aliphatic carbocycles. The Kier molecular flexibility index (Phi) is 6.91. The molecule has 2 atom stereocenters. The Morgan fingerprint density at radius 1 is 0.846 bits per heavy atom. The molecule has 6 rings (SSSR count). The molecule has 2 fully saturated rings. The number of hydrogen-bond donors (Lipinski definition) is 0. The maximum atomic E-state index is 13.1. The van der Waals surface area contributed by atoms with E-state index in [0.29, 0.717) is 31.7 Å². The molecule has 0 N–H and O–H groups in total. The Balaban J connectivity index is 1.14. The van der Waals surface area contributed by atoms with Crippen molar-refractivity contribution in [2.45, 2.75) is 42.5 Å². The number of sulfonamides is 1. The number of piperazine rings is 1. The predicted molar refractivity (Wildman–Crippen MR) is 142 cm³/mol. The lowest BCUT2D eigenvalue weighted by Crippen LogP contribution is -2.48. The van der Waals surface area contributed by atoms with Crippen LogP contribution in [0.4, 0.5) is 18.9 Å². The molecule has 0 amide bonds. The van der Waals surface area contributed by atoms with E-state index in [1.165, 1.54) is 21.5 Å². The van der Waals surface area contributed by atoms with Crippen molar-refractivity contribution < 1.29 is 26.4 Å². The first kappa shape index (κ1) is 26.3. The monoisotopic (exact) mass is 557 g/mol. The van der Waals surface area contributed by atoms with Crippen molar-refractivity contribution in [1.82, 2.24) is 9.37 Å². The maximum Gasteiger partial charge on any atom is 0.416 e. The first-order valence-corrected chi connectivity index (χ1v) is 14.6. The molecule has 10 heteroatoms. The second kappa shape index (κ2) is 10.2. The van der Waals surface area contributed by atoms with Crippen molar-refractivity contribution >= 4 is 15.7 Å². The molecule has 0 saturated carbocycles. The molecular weight excluding hydrogens is 527 g/mol. The van der Waals surface area contributed by atoms with Crippen molar-refractivity contribution in [3.63, 3.8) is 0 Å². The van der Waals surface area contributed by atoms with E-state index in [-0.39, 0.29) is 24.0 Å². The fourth-order valence-corrected chi connectivity index (χ4v) is 7.45. The van der Waals surface area contributed by atoms with E-state index in [9.17, 15) is 21.6 Å². The molecule has 3 aliphatic rings. The van der Waals surface area contributed by atoms with Gasteiger partial charge in [0.25, 0.3) is 0 Å². The van der Waals surface area contributed by atoms with Crippen LogP contribution in [0.3, 0.4) is 0 Å². The van der Waals surface area contributed by atoms with Gasteiger partial charge in [-0.25, -0.2) is 8.42 Å². The van der Waals surface area contributed by atoms with Crippen molar-refractivity contribution in [3.8, 4) is 0 Å². The van der Waals surface area contributed by atoms with Crippen LogP contribution in [0.25, 0.3) is 0 Å². The Morgan fingerprint density at radius 3 is 2.36 bits per heavy atom. The molecule has 0 spiro atoms. The van der Waals surface area contributed by atoms with E-state index < -0.39 is 21.8 Å². The fraction of sp³-hybridized carbons (Fsp3) is 0.379. The zero-order valence-corrected chi connectivity index (χ0v) is 22.2. The summed E-state index contributed by atoms with van der Waals surface area (Å²) in [7, 11) is -4.02. The van der Waals surface area contributed by atoms with Gasteiger partial charge >= 0.3 is 6.18 Å². The lowest BCUT2D eigenvalue weighted by Gasteiger charge is -2.36. The number of nitrogens with zero attached hydrogens (tertiary/aromatic N) is 3. The van der Waals surface area contributed by atoms with Gasteiger partial charge in [-0.3, -0.25) is 4.84 Å². The molecule has 2 saturated heterocycles. The fourth-order valence-electron chi connectivity index (χ4n) is 5.98. The number of benzene rings is 3. The van der Waals surface area contributed by atoms with Crippen molar-refractivity contribution in [2.24, 2.45) is 0 Å². The van der Waals surface area contributed by atoms with Gasteiger partial charge in [-0.15, -0.1) is 0 Å². The third kappa shape index (κ3) is 5.18. The number of piperidine rings is 1. The topological polar surface area (TPSA) is 53.1 Å². The van der Waals surface area contributed by atoms with Crippen LogP contribution in [0.15, 0.2) is 77.7 Å². The number of fused-ring (bicyclic) bond motifs is 5. The molecular formula is C29H30F3N3O3S. The highest BCUT2D eigenvalue weighted by Crippen LogP contribution is 2.50. The molecule has 3 aromatic carbocycles. The van der Waals surface area contributed by atoms with Gasteiger partial charge in [0.05, 0.1) is 23.1 Å². The van der Waals surface area contributed by atoms with Crippen molar-refractivity contribution in [2.75, 3.05) is 37.6 Å². The molecule has 0 aromatic heterocycles. The van der Waals surface area contributed by atoms with Gasteiger partial charge in [-0.2, -0.15) is 22.5 Å². The minimum atomic E-state index is -4.60. The number of hydroxylamine groups is 2. The summed E-state index contributed by atoms with van der Waals surface area (Å²) in [4.78, 5) is 8.06. The third-order valence-corrected chi connectivity index (χ3v) is 9.96. The minimum absolute atomic E-state index is 0.185. The first-order valence-electron chi connectivity index (χ1n) is 13.2. The van der Waals surface area contributed by atoms with Crippen LogP contribution in [0.1, 0.15) is 47.1 Å². The summed E-state index contributed by atoms with van der Waals surface area (Å²) >= 11 is 0. The van der Waals surface area contributed by atoms with Gasteiger partial charge in [0, 0.05) is 38.4 Å². The Labute approximate surface area is 226 Å². The SMILES string of the molecule is O=S(=O)(c1cccc(C(F)(F)F)c1)N1CCN(c2ccc3c(c2)C2CC3CCN2OCc2ccccc2)CC1. The number of halogens is 3. The molecule has 3 aromatic rings. The number of hydrogen-bond acceptors (Lipinski definition) is 5. The summed E-state index contributed by atoms with van der Waals surface area (Å²) in [6, 6.07) is 20.8. The lowest BCUT2D eigenvalue weighted by atomic mass is 9.96. The van der Waals surface area contributed by atoms with Crippen molar-refractivity contribution in [1.29, 1.82) is 0 Å². The molecule has 39 heavy (non-hydrogen) atoms. The van der Waals surface area contributed by atoms with E-state index in [0.717, 1.165) is 42.8 Å². The average molecular weight is 558 g/mol. The Bertz CT molecular complexity index is 1440. The highest BCUT2D eigenvalue weighted by atomic mass is 32.2. The molecule has 2 heterocycles. The highest BCUT2D eigenvalue weighted by molar-refractivity contribution is 7.89. The van der Waals surface area contributed by atoms with Gasteiger partial charge in [0.15, 0.2) is 0 Å². The van der Waals surface area contributed by atoms with E-state index in [1.54, 1.807) is 0 Å². The van der Waals surface area contributed by atoms with Crippen LogP contribution < -0.4 is 4.90 Å². The zero-order valence-electron chi connectivity index (χ0n) is 21.3. The van der Waals surface area contributed by atoms with Crippen LogP contribution >= 0.6 is 0 Å². The standard InChI is InChI=1S/C29H30F3N3O3S/c30-29(31,32)23-7-4-8-25(18-23)39(36,37)34-15-13-33(14-16-34)24-9-10-26-22-11-12-35(28(17-22)27(26)19-24)38-20-21-5-2-1-3-6-21/h1-10,18-19,22,28H,11-17,20H2. The summed E-state index contributed by atoms with van der Waals surface area (Å²) in [6.07, 6.45) is -2.53. The zero-order chi connectivity index (χ0) is 27.2. The van der Waals surface area contributed by atoms with Gasteiger partial charge < -0.3 is 4.90 Å². The van der Waals surface area contributed by atoms with Gasteiger partial charge in [-0.1, -0.05) is 42.5 Å². The number of anilines is 1. The minimum Gasteiger partial charge on any atom is -0.369 e. The molecule has 2 aliphatic heterocycles. The van der Waals surface area contributed by atoms with Gasteiger partial charge in [0.1, 0.15) is 0 Å². The van der Waals surface area contributed by atoms with Gasteiger partial charge in [0.2, 0.25) is 10.0 Å². The van der Waals surface area contributed by atoms with Gasteiger partial charge in [-0.05, 0) is 65.8 Å². The quantitative estimate of drug-likeness (QED) is 0.396. The van der Waals surface area contributed by atoms with Crippen LogP contribution in [0.2, 0.25) is 0 Å². The molecule has 2 unspecified atom stereocenters. The molecule has 0 radical (unpaired) electrons. The summed E-state index contributed by atoms with van der Waals surface area (Å²) in [6.45, 7) is 2.72.